The van der Waals surface area contributed by atoms with E-state index in [0.717, 1.165) is 26.5 Å². The molecule has 3 aromatic heterocycles. The maximum atomic E-state index is 12.7. The van der Waals surface area contributed by atoms with Crippen LogP contribution in [0.15, 0.2) is 17.5 Å². The number of fused-ring (bicyclic) bond motifs is 1. The molecule has 0 saturated carbocycles. The molecule has 0 unspecified atom stereocenters. The third kappa shape index (κ3) is 2.38. The zero-order valence-electron chi connectivity index (χ0n) is 12.4. The number of aromatic nitrogens is 2. The SMILES string of the molecule is Cc1nsc(C)c1NC(=O)c1cc2sccc2n1C(C)C. The molecule has 0 aliphatic carbocycles. The molecule has 1 N–H and O–H groups in total. The van der Waals surface area contributed by atoms with Gasteiger partial charge >= 0.3 is 0 Å². The predicted octanol–water partition coefficient (Wildman–Crippen LogP) is 4.61. The van der Waals surface area contributed by atoms with E-state index in [-0.39, 0.29) is 11.9 Å². The lowest BCUT2D eigenvalue weighted by atomic mass is 10.3. The minimum Gasteiger partial charge on any atom is -0.333 e. The van der Waals surface area contributed by atoms with Crippen LogP contribution in [0.2, 0.25) is 0 Å². The number of nitrogens with zero attached hydrogens (tertiary/aromatic N) is 2. The van der Waals surface area contributed by atoms with Crippen LogP contribution in [-0.2, 0) is 0 Å². The van der Waals surface area contributed by atoms with E-state index >= 15 is 0 Å². The van der Waals surface area contributed by atoms with E-state index in [1.807, 2.05) is 19.9 Å². The van der Waals surface area contributed by atoms with Crippen molar-refractivity contribution in [1.29, 1.82) is 0 Å². The molecular weight excluding hydrogens is 302 g/mol. The Bertz CT molecular complexity index is 791. The van der Waals surface area contributed by atoms with Gasteiger partial charge in [-0.3, -0.25) is 4.79 Å². The smallest absolute Gasteiger partial charge is 0.272 e. The lowest BCUT2D eigenvalue weighted by molar-refractivity contribution is 0.101. The van der Waals surface area contributed by atoms with Crippen molar-refractivity contribution in [2.45, 2.75) is 33.7 Å². The Morgan fingerprint density at radius 3 is 2.76 bits per heavy atom. The molecule has 6 heteroatoms. The molecule has 0 radical (unpaired) electrons. The van der Waals surface area contributed by atoms with Crippen LogP contribution in [0.4, 0.5) is 5.69 Å². The number of aryl methyl sites for hydroxylation is 2. The minimum atomic E-state index is -0.0708. The molecule has 3 heterocycles. The van der Waals surface area contributed by atoms with E-state index in [9.17, 15) is 4.79 Å². The van der Waals surface area contributed by atoms with Gasteiger partial charge in [-0.25, -0.2) is 0 Å². The summed E-state index contributed by atoms with van der Waals surface area (Å²) < 4.78 is 7.51. The summed E-state index contributed by atoms with van der Waals surface area (Å²) in [7, 11) is 0. The lowest BCUT2D eigenvalue weighted by Crippen LogP contribution is -2.18. The molecule has 3 aromatic rings. The highest BCUT2D eigenvalue weighted by molar-refractivity contribution is 7.17. The first kappa shape index (κ1) is 14.3. The fourth-order valence-corrected chi connectivity index (χ4v) is 3.98. The quantitative estimate of drug-likeness (QED) is 0.766. The Hall–Kier alpha value is -1.66. The second-order valence-corrected chi connectivity index (χ2v) is 7.24. The van der Waals surface area contributed by atoms with Crippen molar-refractivity contribution in [3.8, 4) is 0 Å². The van der Waals surface area contributed by atoms with Crippen LogP contribution in [0.3, 0.4) is 0 Å². The second-order valence-electron chi connectivity index (χ2n) is 5.32. The van der Waals surface area contributed by atoms with E-state index in [0.29, 0.717) is 5.69 Å². The van der Waals surface area contributed by atoms with Crippen molar-refractivity contribution in [1.82, 2.24) is 8.94 Å². The predicted molar refractivity (Wildman–Crippen MR) is 89.7 cm³/mol. The standard InChI is InChI=1S/C15H17N3OS2/c1-8(2)18-11-5-6-20-13(11)7-12(18)15(19)16-14-9(3)17-21-10(14)4/h5-8H,1-4H3,(H,16,19). The summed E-state index contributed by atoms with van der Waals surface area (Å²) in [6.45, 7) is 8.08. The van der Waals surface area contributed by atoms with Crippen LogP contribution in [0, 0.1) is 13.8 Å². The van der Waals surface area contributed by atoms with E-state index in [1.54, 1.807) is 11.3 Å². The fourth-order valence-electron chi connectivity index (χ4n) is 2.52. The zero-order chi connectivity index (χ0) is 15.1. The summed E-state index contributed by atoms with van der Waals surface area (Å²) in [6, 6.07) is 4.28. The highest BCUT2D eigenvalue weighted by Gasteiger charge is 2.20. The van der Waals surface area contributed by atoms with Crippen molar-refractivity contribution in [3.05, 3.63) is 33.8 Å². The van der Waals surface area contributed by atoms with Crippen molar-refractivity contribution >= 4 is 44.7 Å². The first-order valence-corrected chi connectivity index (χ1v) is 8.47. The van der Waals surface area contributed by atoms with Crippen molar-refractivity contribution in [2.75, 3.05) is 5.32 Å². The Morgan fingerprint density at radius 1 is 1.38 bits per heavy atom. The number of carbonyl (C=O) groups excluding carboxylic acids is 1. The van der Waals surface area contributed by atoms with E-state index < -0.39 is 0 Å². The molecule has 1 amide bonds. The average Bonchev–Trinajstić information content (AvgIpc) is 3.07. The van der Waals surface area contributed by atoms with Crippen LogP contribution in [0.5, 0.6) is 0 Å². The average molecular weight is 319 g/mol. The molecule has 3 rings (SSSR count). The number of thiophene rings is 1. The van der Waals surface area contributed by atoms with Crippen LogP contribution >= 0.6 is 22.9 Å². The Labute approximate surface area is 131 Å². The minimum absolute atomic E-state index is 0.0708. The van der Waals surface area contributed by atoms with E-state index in [4.69, 9.17) is 0 Å². The van der Waals surface area contributed by atoms with Crippen molar-refractivity contribution < 1.29 is 4.79 Å². The first-order valence-electron chi connectivity index (χ1n) is 6.81. The molecule has 21 heavy (non-hydrogen) atoms. The largest absolute Gasteiger partial charge is 0.333 e. The first-order chi connectivity index (χ1) is 9.99. The third-order valence-corrected chi connectivity index (χ3v) is 5.18. The van der Waals surface area contributed by atoms with E-state index in [1.165, 1.54) is 11.5 Å². The molecule has 4 nitrogen and oxygen atoms in total. The molecule has 0 saturated heterocycles. The fraction of sp³-hybridized carbons (Fsp3) is 0.333. The van der Waals surface area contributed by atoms with Gasteiger partial charge in [0.2, 0.25) is 0 Å². The summed E-state index contributed by atoms with van der Waals surface area (Å²) >= 11 is 3.08. The van der Waals surface area contributed by atoms with Gasteiger partial charge in [0, 0.05) is 10.9 Å². The summed E-state index contributed by atoms with van der Waals surface area (Å²) in [5.41, 5.74) is 3.54. The Morgan fingerprint density at radius 2 is 2.14 bits per heavy atom. The van der Waals surface area contributed by atoms with Crippen LogP contribution in [0.1, 0.15) is 40.9 Å². The molecule has 0 aromatic carbocycles. The molecule has 0 spiro atoms. The highest BCUT2D eigenvalue weighted by atomic mass is 32.1. The van der Waals surface area contributed by atoms with Gasteiger partial charge in [-0.15, -0.1) is 11.3 Å². The Balaban J connectivity index is 2.02. The number of rotatable bonds is 3. The number of anilines is 1. The van der Waals surface area contributed by atoms with Crippen LogP contribution in [0.25, 0.3) is 10.2 Å². The summed E-state index contributed by atoms with van der Waals surface area (Å²) in [4.78, 5) is 13.7. The molecule has 0 fully saturated rings. The summed E-state index contributed by atoms with van der Waals surface area (Å²) in [5, 5.41) is 5.07. The Kier molecular flexibility index (Phi) is 3.59. The summed E-state index contributed by atoms with van der Waals surface area (Å²) in [5.74, 6) is -0.0708. The third-order valence-electron chi connectivity index (χ3n) is 3.48. The zero-order valence-corrected chi connectivity index (χ0v) is 14.1. The number of hydrogen-bond donors (Lipinski definition) is 1. The normalized spacial score (nSPS) is 11.5. The number of hydrogen-bond acceptors (Lipinski definition) is 4. The molecule has 0 bridgehead atoms. The number of nitrogens with one attached hydrogen (secondary N) is 1. The maximum absolute atomic E-state index is 12.7. The highest BCUT2D eigenvalue weighted by Crippen LogP contribution is 2.30. The van der Waals surface area contributed by atoms with Crippen LogP contribution in [-0.4, -0.2) is 14.8 Å². The van der Waals surface area contributed by atoms with Gasteiger partial charge in [-0.1, -0.05) is 0 Å². The molecule has 0 aliphatic heterocycles. The van der Waals surface area contributed by atoms with Gasteiger partial charge in [0.1, 0.15) is 5.69 Å². The number of amides is 1. The number of carbonyl (C=O) groups is 1. The van der Waals surface area contributed by atoms with Crippen molar-refractivity contribution in [2.24, 2.45) is 0 Å². The van der Waals surface area contributed by atoms with Crippen LogP contribution < -0.4 is 5.32 Å². The monoisotopic (exact) mass is 319 g/mol. The van der Waals surface area contributed by atoms with Gasteiger partial charge < -0.3 is 9.88 Å². The van der Waals surface area contributed by atoms with Gasteiger partial charge in [0.25, 0.3) is 5.91 Å². The maximum Gasteiger partial charge on any atom is 0.272 e. The molecule has 0 atom stereocenters. The summed E-state index contributed by atoms with van der Waals surface area (Å²) in [6.07, 6.45) is 0. The second kappa shape index (κ2) is 5.27. The lowest BCUT2D eigenvalue weighted by Gasteiger charge is -2.14. The molecule has 110 valence electrons. The molecular formula is C15H17N3OS2. The topological polar surface area (TPSA) is 46.9 Å². The van der Waals surface area contributed by atoms with Crippen molar-refractivity contribution in [3.63, 3.8) is 0 Å². The van der Waals surface area contributed by atoms with E-state index in [2.05, 4.69) is 39.6 Å². The molecule has 0 aliphatic rings. The van der Waals surface area contributed by atoms with Gasteiger partial charge in [0.15, 0.2) is 0 Å². The van der Waals surface area contributed by atoms with Gasteiger partial charge in [-0.05, 0) is 56.7 Å². The van der Waals surface area contributed by atoms with Gasteiger partial charge in [-0.2, -0.15) is 4.37 Å². The van der Waals surface area contributed by atoms with Gasteiger partial charge in [0.05, 0.1) is 21.6 Å².